The molecule has 3 rings (SSSR count). The van der Waals surface area contributed by atoms with E-state index in [4.69, 9.17) is 11.6 Å². The summed E-state index contributed by atoms with van der Waals surface area (Å²) in [5, 5.41) is 5.35. The highest BCUT2D eigenvalue weighted by Crippen LogP contribution is 2.30. The van der Waals surface area contributed by atoms with Crippen LogP contribution < -0.4 is 5.32 Å². The maximum atomic E-state index is 5.96. The monoisotopic (exact) mass is 266 g/mol. The van der Waals surface area contributed by atoms with Crippen molar-refractivity contribution in [2.75, 3.05) is 5.32 Å². The fraction of sp³-hybridized carbons (Fsp3) is 0.462. The van der Waals surface area contributed by atoms with Crippen LogP contribution in [0.4, 0.5) is 5.13 Å². The fourth-order valence-electron chi connectivity index (χ4n) is 2.38. The van der Waals surface area contributed by atoms with Crippen molar-refractivity contribution in [3.63, 3.8) is 0 Å². The summed E-state index contributed by atoms with van der Waals surface area (Å²) in [5.41, 5.74) is 1.00. The number of nitrogens with zero attached hydrogens (tertiary/aromatic N) is 1. The summed E-state index contributed by atoms with van der Waals surface area (Å²) in [6, 6.07) is 6.51. The first kappa shape index (κ1) is 11.3. The molecule has 17 heavy (non-hydrogen) atoms. The molecule has 0 bridgehead atoms. The number of hydrogen-bond acceptors (Lipinski definition) is 3. The van der Waals surface area contributed by atoms with E-state index in [0.29, 0.717) is 6.04 Å². The lowest BCUT2D eigenvalue weighted by Crippen LogP contribution is -2.21. The SMILES string of the molecule is Clc1ccc2sc(NC3CCCCC3)nc2c1. The van der Waals surface area contributed by atoms with Crippen molar-refractivity contribution in [1.29, 1.82) is 0 Å². The molecule has 0 radical (unpaired) electrons. The van der Waals surface area contributed by atoms with Crippen molar-refractivity contribution in [3.05, 3.63) is 23.2 Å². The molecule has 1 heterocycles. The molecular formula is C13H15ClN2S. The zero-order chi connectivity index (χ0) is 11.7. The Balaban J connectivity index is 1.80. The van der Waals surface area contributed by atoms with Crippen LogP contribution in [0.5, 0.6) is 0 Å². The number of hydrogen-bond donors (Lipinski definition) is 1. The van der Waals surface area contributed by atoms with Crippen molar-refractivity contribution >= 4 is 38.3 Å². The van der Waals surface area contributed by atoms with E-state index >= 15 is 0 Å². The van der Waals surface area contributed by atoms with Gasteiger partial charge in [0.05, 0.1) is 10.2 Å². The lowest BCUT2D eigenvalue weighted by Gasteiger charge is -2.22. The highest BCUT2D eigenvalue weighted by molar-refractivity contribution is 7.22. The topological polar surface area (TPSA) is 24.9 Å². The van der Waals surface area contributed by atoms with Gasteiger partial charge in [-0.2, -0.15) is 0 Å². The van der Waals surface area contributed by atoms with E-state index in [9.17, 15) is 0 Å². The Bertz CT molecular complexity index is 517. The molecule has 1 fully saturated rings. The van der Waals surface area contributed by atoms with Crippen LogP contribution in [0.15, 0.2) is 18.2 Å². The van der Waals surface area contributed by atoms with Gasteiger partial charge in [-0.15, -0.1) is 0 Å². The molecule has 1 aliphatic carbocycles. The van der Waals surface area contributed by atoms with Gasteiger partial charge in [0.25, 0.3) is 0 Å². The third-order valence-corrected chi connectivity index (χ3v) is 4.49. The van der Waals surface area contributed by atoms with Gasteiger partial charge in [-0.1, -0.05) is 42.2 Å². The Morgan fingerprint density at radius 2 is 2.06 bits per heavy atom. The van der Waals surface area contributed by atoms with Gasteiger partial charge in [0.15, 0.2) is 5.13 Å². The molecule has 1 saturated carbocycles. The van der Waals surface area contributed by atoms with Gasteiger partial charge in [0.1, 0.15) is 0 Å². The molecule has 1 aromatic heterocycles. The van der Waals surface area contributed by atoms with Gasteiger partial charge < -0.3 is 5.32 Å². The van der Waals surface area contributed by atoms with Crippen molar-refractivity contribution in [3.8, 4) is 0 Å². The number of nitrogens with one attached hydrogen (secondary N) is 1. The molecule has 0 unspecified atom stereocenters. The van der Waals surface area contributed by atoms with Crippen LogP contribution in [0.3, 0.4) is 0 Å². The Kier molecular flexibility index (Phi) is 3.21. The quantitative estimate of drug-likeness (QED) is 0.853. The Morgan fingerprint density at radius 3 is 2.88 bits per heavy atom. The summed E-state index contributed by atoms with van der Waals surface area (Å²) >= 11 is 7.68. The molecular weight excluding hydrogens is 252 g/mol. The molecule has 0 amide bonds. The summed E-state index contributed by atoms with van der Waals surface area (Å²) < 4.78 is 1.20. The van der Waals surface area contributed by atoms with Crippen molar-refractivity contribution in [1.82, 2.24) is 4.98 Å². The smallest absolute Gasteiger partial charge is 0.184 e. The molecule has 2 nitrogen and oxygen atoms in total. The van der Waals surface area contributed by atoms with E-state index in [1.54, 1.807) is 11.3 Å². The highest BCUT2D eigenvalue weighted by Gasteiger charge is 2.14. The van der Waals surface area contributed by atoms with E-state index in [1.165, 1.54) is 36.8 Å². The summed E-state index contributed by atoms with van der Waals surface area (Å²) in [5.74, 6) is 0. The average molecular weight is 267 g/mol. The van der Waals surface area contributed by atoms with Crippen LogP contribution >= 0.6 is 22.9 Å². The molecule has 1 aliphatic rings. The molecule has 4 heteroatoms. The third kappa shape index (κ3) is 2.55. The van der Waals surface area contributed by atoms with E-state index in [0.717, 1.165) is 15.7 Å². The lowest BCUT2D eigenvalue weighted by atomic mass is 9.96. The van der Waals surface area contributed by atoms with Crippen LogP contribution in [-0.2, 0) is 0 Å². The standard InChI is InChI=1S/C13H15ClN2S/c14-9-6-7-12-11(8-9)16-13(17-12)15-10-4-2-1-3-5-10/h6-8,10H,1-5H2,(H,15,16). The molecule has 0 saturated heterocycles. The van der Waals surface area contributed by atoms with Crippen LogP contribution in [0, 0.1) is 0 Å². The van der Waals surface area contributed by atoms with Crippen molar-refractivity contribution < 1.29 is 0 Å². The molecule has 0 spiro atoms. The second-order valence-corrected chi connectivity index (χ2v) is 6.08. The number of halogens is 1. The predicted octanol–water partition coefficient (Wildman–Crippen LogP) is 4.69. The van der Waals surface area contributed by atoms with Gasteiger partial charge >= 0.3 is 0 Å². The maximum absolute atomic E-state index is 5.96. The van der Waals surface area contributed by atoms with E-state index < -0.39 is 0 Å². The first-order chi connectivity index (χ1) is 8.31. The van der Waals surface area contributed by atoms with Crippen LogP contribution in [0.2, 0.25) is 5.02 Å². The van der Waals surface area contributed by atoms with Crippen molar-refractivity contribution in [2.24, 2.45) is 0 Å². The predicted molar refractivity (Wildman–Crippen MR) is 75.1 cm³/mol. The molecule has 2 aromatic rings. The normalized spacial score (nSPS) is 17.5. The second kappa shape index (κ2) is 4.83. The third-order valence-electron chi connectivity index (χ3n) is 3.28. The zero-order valence-electron chi connectivity index (χ0n) is 9.58. The number of rotatable bonds is 2. The van der Waals surface area contributed by atoms with Crippen LogP contribution in [-0.4, -0.2) is 11.0 Å². The van der Waals surface area contributed by atoms with E-state index in [-0.39, 0.29) is 0 Å². The first-order valence-corrected chi connectivity index (χ1v) is 7.33. The van der Waals surface area contributed by atoms with Gasteiger partial charge in [-0.3, -0.25) is 0 Å². The summed E-state index contributed by atoms with van der Waals surface area (Å²) in [6.07, 6.45) is 6.61. The summed E-state index contributed by atoms with van der Waals surface area (Å²) in [4.78, 5) is 4.59. The highest BCUT2D eigenvalue weighted by atomic mass is 35.5. The first-order valence-electron chi connectivity index (χ1n) is 6.14. The molecule has 1 aromatic carbocycles. The average Bonchev–Trinajstić information content (AvgIpc) is 2.71. The minimum Gasteiger partial charge on any atom is -0.359 e. The summed E-state index contributed by atoms with van der Waals surface area (Å²) in [6.45, 7) is 0. The zero-order valence-corrected chi connectivity index (χ0v) is 11.2. The molecule has 90 valence electrons. The van der Waals surface area contributed by atoms with Gasteiger partial charge in [0.2, 0.25) is 0 Å². The maximum Gasteiger partial charge on any atom is 0.184 e. The minimum atomic E-state index is 0.611. The molecule has 0 atom stereocenters. The second-order valence-electron chi connectivity index (χ2n) is 4.61. The Labute approximate surface area is 110 Å². The van der Waals surface area contributed by atoms with E-state index in [1.807, 2.05) is 18.2 Å². The molecule has 0 aliphatic heterocycles. The molecule has 1 N–H and O–H groups in total. The number of aromatic nitrogens is 1. The minimum absolute atomic E-state index is 0.611. The van der Waals surface area contributed by atoms with Gasteiger partial charge in [-0.05, 0) is 31.0 Å². The van der Waals surface area contributed by atoms with Gasteiger partial charge in [-0.25, -0.2) is 4.98 Å². The fourth-order valence-corrected chi connectivity index (χ4v) is 3.47. The number of thiazole rings is 1. The van der Waals surface area contributed by atoms with E-state index in [2.05, 4.69) is 10.3 Å². The summed E-state index contributed by atoms with van der Waals surface area (Å²) in [7, 11) is 0. The van der Waals surface area contributed by atoms with Crippen LogP contribution in [0.25, 0.3) is 10.2 Å². The lowest BCUT2D eigenvalue weighted by molar-refractivity contribution is 0.462. The number of anilines is 1. The number of benzene rings is 1. The number of fused-ring (bicyclic) bond motifs is 1. The van der Waals surface area contributed by atoms with Gasteiger partial charge in [0, 0.05) is 11.1 Å². The largest absolute Gasteiger partial charge is 0.359 e. The van der Waals surface area contributed by atoms with Crippen LogP contribution in [0.1, 0.15) is 32.1 Å². The Hall–Kier alpha value is -0.800. The Morgan fingerprint density at radius 1 is 1.24 bits per heavy atom. The van der Waals surface area contributed by atoms with Crippen molar-refractivity contribution in [2.45, 2.75) is 38.1 Å².